The number of benzene rings is 1. The van der Waals surface area contributed by atoms with Gasteiger partial charge >= 0.3 is 0 Å². The van der Waals surface area contributed by atoms with E-state index >= 15 is 0 Å². The Morgan fingerprint density at radius 2 is 1.44 bits per heavy atom. The zero-order chi connectivity index (χ0) is 14.2. The largest absolute Gasteiger partial charge is 0.306 e. The van der Waals surface area contributed by atoms with E-state index in [-0.39, 0.29) is 16.5 Å². The standard InChI is InChI=1S/C17H29N/c1-13-10-9-11-14(12-13)16(5,6)17(7,8)18-15(2,3)4/h9-12,18H,1-8H3. The van der Waals surface area contributed by atoms with Gasteiger partial charge in [0.25, 0.3) is 0 Å². The van der Waals surface area contributed by atoms with Gasteiger partial charge in [0.05, 0.1) is 0 Å². The van der Waals surface area contributed by atoms with E-state index in [2.05, 4.69) is 85.0 Å². The predicted molar refractivity (Wildman–Crippen MR) is 81.2 cm³/mol. The van der Waals surface area contributed by atoms with Crippen LogP contribution in [-0.2, 0) is 5.41 Å². The Morgan fingerprint density at radius 1 is 0.889 bits per heavy atom. The van der Waals surface area contributed by atoms with Crippen LogP contribution in [0.25, 0.3) is 0 Å². The summed E-state index contributed by atoms with van der Waals surface area (Å²) in [6, 6.07) is 8.84. The van der Waals surface area contributed by atoms with Crippen molar-refractivity contribution in [1.82, 2.24) is 5.32 Å². The smallest absolute Gasteiger partial charge is 0.0221 e. The van der Waals surface area contributed by atoms with E-state index in [0.717, 1.165) is 0 Å². The van der Waals surface area contributed by atoms with Crippen molar-refractivity contribution in [2.24, 2.45) is 0 Å². The summed E-state index contributed by atoms with van der Waals surface area (Å²) in [6.45, 7) is 18.1. The summed E-state index contributed by atoms with van der Waals surface area (Å²) in [4.78, 5) is 0. The lowest BCUT2D eigenvalue weighted by atomic mass is 9.68. The second-order valence-corrected chi connectivity index (χ2v) is 7.49. The molecule has 0 amide bonds. The van der Waals surface area contributed by atoms with Crippen molar-refractivity contribution in [2.75, 3.05) is 0 Å². The molecule has 1 N–H and O–H groups in total. The van der Waals surface area contributed by atoms with Crippen LogP contribution in [0.2, 0.25) is 0 Å². The van der Waals surface area contributed by atoms with Crippen molar-refractivity contribution in [2.45, 2.75) is 71.9 Å². The second kappa shape index (κ2) is 4.70. The van der Waals surface area contributed by atoms with Crippen LogP contribution in [0.5, 0.6) is 0 Å². The first-order valence-electron chi connectivity index (χ1n) is 6.82. The average molecular weight is 247 g/mol. The lowest BCUT2D eigenvalue weighted by Gasteiger charge is -2.47. The molecule has 0 saturated carbocycles. The summed E-state index contributed by atoms with van der Waals surface area (Å²) in [7, 11) is 0. The summed E-state index contributed by atoms with van der Waals surface area (Å²) in [5.74, 6) is 0. The van der Waals surface area contributed by atoms with Gasteiger partial charge in [-0.15, -0.1) is 0 Å². The summed E-state index contributed by atoms with van der Waals surface area (Å²) < 4.78 is 0. The van der Waals surface area contributed by atoms with Gasteiger partial charge in [-0.1, -0.05) is 43.7 Å². The molecule has 0 heterocycles. The highest BCUT2D eigenvalue weighted by Gasteiger charge is 2.40. The zero-order valence-electron chi connectivity index (χ0n) is 13.3. The van der Waals surface area contributed by atoms with E-state index in [1.54, 1.807) is 0 Å². The fourth-order valence-electron chi connectivity index (χ4n) is 2.49. The van der Waals surface area contributed by atoms with E-state index in [9.17, 15) is 0 Å². The molecule has 18 heavy (non-hydrogen) atoms. The lowest BCUT2D eigenvalue weighted by molar-refractivity contribution is 0.185. The number of hydrogen-bond acceptors (Lipinski definition) is 1. The second-order valence-electron chi connectivity index (χ2n) is 7.49. The summed E-state index contributed by atoms with van der Waals surface area (Å²) in [5.41, 5.74) is 2.94. The Hall–Kier alpha value is -0.820. The first-order valence-corrected chi connectivity index (χ1v) is 6.82. The maximum absolute atomic E-state index is 3.75. The van der Waals surface area contributed by atoms with Gasteiger partial charge < -0.3 is 5.32 Å². The highest BCUT2D eigenvalue weighted by Crippen LogP contribution is 2.36. The molecule has 1 aromatic carbocycles. The molecule has 0 spiro atoms. The van der Waals surface area contributed by atoms with Crippen molar-refractivity contribution < 1.29 is 0 Å². The number of hydrogen-bond donors (Lipinski definition) is 1. The predicted octanol–water partition coefficient (Wildman–Crippen LogP) is 4.44. The van der Waals surface area contributed by atoms with Gasteiger partial charge in [0.1, 0.15) is 0 Å². The Labute approximate surface area is 113 Å². The van der Waals surface area contributed by atoms with Gasteiger partial charge in [-0.05, 0) is 47.1 Å². The molecule has 0 bridgehead atoms. The van der Waals surface area contributed by atoms with Crippen LogP contribution in [0.15, 0.2) is 24.3 Å². The van der Waals surface area contributed by atoms with Crippen LogP contribution in [0, 0.1) is 6.92 Å². The molecule has 1 heteroatoms. The van der Waals surface area contributed by atoms with Gasteiger partial charge in [0.15, 0.2) is 0 Å². The molecule has 0 fully saturated rings. The normalized spacial score (nSPS) is 13.8. The van der Waals surface area contributed by atoms with Crippen molar-refractivity contribution in [3.8, 4) is 0 Å². The van der Waals surface area contributed by atoms with Crippen molar-refractivity contribution >= 4 is 0 Å². The van der Waals surface area contributed by atoms with Crippen molar-refractivity contribution in [3.63, 3.8) is 0 Å². The number of nitrogens with one attached hydrogen (secondary N) is 1. The minimum absolute atomic E-state index is 0.0268. The molecule has 0 aliphatic carbocycles. The molecule has 102 valence electrons. The minimum Gasteiger partial charge on any atom is -0.306 e. The molecular weight excluding hydrogens is 218 g/mol. The number of rotatable bonds is 3. The lowest BCUT2D eigenvalue weighted by Crippen LogP contribution is -2.59. The molecule has 0 radical (unpaired) electrons. The molecule has 0 atom stereocenters. The van der Waals surface area contributed by atoms with E-state index < -0.39 is 0 Å². The first kappa shape index (κ1) is 15.2. The topological polar surface area (TPSA) is 12.0 Å². The minimum atomic E-state index is 0.0268. The van der Waals surface area contributed by atoms with Crippen LogP contribution in [0.3, 0.4) is 0 Å². The molecule has 1 nitrogen and oxygen atoms in total. The first-order chi connectivity index (χ1) is 7.96. The highest BCUT2D eigenvalue weighted by atomic mass is 15.0. The molecule has 0 aromatic heterocycles. The van der Waals surface area contributed by atoms with Crippen LogP contribution < -0.4 is 5.32 Å². The maximum Gasteiger partial charge on any atom is 0.0221 e. The molecule has 1 aromatic rings. The maximum atomic E-state index is 3.75. The highest BCUT2D eigenvalue weighted by molar-refractivity contribution is 5.32. The Bertz CT molecular complexity index is 408. The van der Waals surface area contributed by atoms with Crippen LogP contribution in [0.1, 0.15) is 59.6 Å². The molecule has 0 aliphatic heterocycles. The molecule has 0 unspecified atom stereocenters. The van der Waals surface area contributed by atoms with E-state index in [1.807, 2.05) is 0 Å². The van der Waals surface area contributed by atoms with Crippen LogP contribution >= 0.6 is 0 Å². The Balaban J connectivity index is 3.12. The molecular formula is C17H29N. The van der Waals surface area contributed by atoms with E-state index in [4.69, 9.17) is 0 Å². The molecule has 0 aliphatic rings. The Kier molecular flexibility index (Phi) is 3.97. The van der Waals surface area contributed by atoms with E-state index in [1.165, 1.54) is 11.1 Å². The van der Waals surface area contributed by atoms with Gasteiger partial charge in [-0.25, -0.2) is 0 Å². The summed E-state index contributed by atoms with van der Waals surface area (Å²) >= 11 is 0. The molecule has 0 saturated heterocycles. The van der Waals surface area contributed by atoms with Gasteiger partial charge in [0, 0.05) is 16.5 Å². The van der Waals surface area contributed by atoms with Crippen LogP contribution in [0.4, 0.5) is 0 Å². The van der Waals surface area contributed by atoms with Gasteiger partial charge in [-0.2, -0.15) is 0 Å². The monoisotopic (exact) mass is 247 g/mol. The summed E-state index contributed by atoms with van der Waals surface area (Å²) in [6.07, 6.45) is 0. The number of aryl methyl sites for hydroxylation is 1. The third-order valence-electron chi connectivity index (χ3n) is 3.99. The fourth-order valence-corrected chi connectivity index (χ4v) is 2.49. The molecule has 1 rings (SSSR count). The van der Waals surface area contributed by atoms with E-state index in [0.29, 0.717) is 0 Å². The quantitative estimate of drug-likeness (QED) is 0.832. The third-order valence-corrected chi connectivity index (χ3v) is 3.99. The van der Waals surface area contributed by atoms with Gasteiger partial charge in [-0.3, -0.25) is 0 Å². The zero-order valence-corrected chi connectivity index (χ0v) is 13.3. The fraction of sp³-hybridized carbons (Fsp3) is 0.647. The van der Waals surface area contributed by atoms with Crippen molar-refractivity contribution in [3.05, 3.63) is 35.4 Å². The summed E-state index contributed by atoms with van der Waals surface area (Å²) in [5, 5.41) is 3.75. The Morgan fingerprint density at radius 3 is 1.89 bits per heavy atom. The van der Waals surface area contributed by atoms with Gasteiger partial charge in [0.2, 0.25) is 0 Å². The van der Waals surface area contributed by atoms with Crippen molar-refractivity contribution in [1.29, 1.82) is 0 Å². The third kappa shape index (κ3) is 3.35. The van der Waals surface area contributed by atoms with Crippen LogP contribution in [-0.4, -0.2) is 11.1 Å². The average Bonchev–Trinajstić information content (AvgIpc) is 2.13. The SMILES string of the molecule is Cc1cccc(C(C)(C)C(C)(C)NC(C)(C)C)c1.